The molecular formula is C9H13ClN2O2. The Morgan fingerprint density at radius 3 is 2.93 bits per heavy atom. The van der Waals surface area contributed by atoms with Crippen molar-refractivity contribution in [2.24, 2.45) is 5.73 Å². The second kappa shape index (κ2) is 5.02. The molecule has 1 rings (SSSR count). The Morgan fingerprint density at radius 1 is 1.71 bits per heavy atom. The molecule has 0 fully saturated rings. The summed E-state index contributed by atoms with van der Waals surface area (Å²) in [5.41, 5.74) is 5.53. The summed E-state index contributed by atoms with van der Waals surface area (Å²) >= 11 is 5.52. The third kappa shape index (κ3) is 3.40. The minimum absolute atomic E-state index is 0.0792. The van der Waals surface area contributed by atoms with E-state index >= 15 is 0 Å². The molecule has 1 atom stereocenters. The SMILES string of the molecule is CC(N)CCNC(=O)c1ccc(Cl)o1. The second-order valence-electron chi connectivity index (χ2n) is 3.13. The average molecular weight is 217 g/mol. The van der Waals surface area contributed by atoms with Crippen molar-refractivity contribution in [1.29, 1.82) is 0 Å². The van der Waals surface area contributed by atoms with Crippen LogP contribution < -0.4 is 11.1 Å². The van der Waals surface area contributed by atoms with E-state index in [0.29, 0.717) is 6.54 Å². The first-order chi connectivity index (χ1) is 6.59. The summed E-state index contributed by atoms with van der Waals surface area (Å²) in [6.07, 6.45) is 0.736. The van der Waals surface area contributed by atoms with Gasteiger partial charge in [0.1, 0.15) is 0 Å². The Hall–Kier alpha value is -1.00. The van der Waals surface area contributed by atoms with Crippen LogP contribution >= 0.6 is 11.6 Å². The second-order valence-corrected chi connectivity index (χ2v) is 3.50. The maximum Gasteiger partial charge on any atom is 0.287 e. The van der Waals surface area contributed by atoms with Gasteiger partial charge >= 0.3 is 0 Å². The fraction of sp³-hybridized carbons (Fsp3) is 0.444. The number of rotatable bonds is 4. The minimum atomic E-state index is -0.266. The zero-order valence-electron chi connectivity index (χ0n) is 7.92. The van der Waals surface area contributed by atoms with Gasteiger partial charge in [-0.3, -0.25) is 4.79 Å². The number of nitrogens with one attached hydrogen (secondary N) is 1. The Kier molecular flexibility index (Phi) is 3.98. The third-order valence-corrected chi connectivity index (χ3v) is 1.89. The van der Waals surface area contributed by atoms with Crippen LogP contribution in [0, 0.1) is 0 Å². The maximum absolute atomic E-state index is 11.3. The van der Waals surface area contributed by atoms with Gasteiger partial charge in [-0.25, -0.2) is 0 Å². The third-order valence-electron chi connectivity index (χ3n) is 1.68. The van der Waals surface area contributed by atoms with Crippen molar-refractivity contribution in [2.45, 2.75) is 19.4 Å². The first-order valence-corrected chi connectivity index (χ1v) is 4.76. The Balaban J connectivity index is 2.36. The van der Waals surface area contributed by atoms with Crippen LogP contribution in [0.15, 0.2) is 16.5 Å². The van der Waals surface area contributed by atoms with Gasteiger partial charge < -0.3 is 15.5 Å². The molecule has 1 amide bonds. The zero-order chi connectivity index (χ0) is 10.6. The quantitative estimate of drug-likeness (QED) is 0.800. The first-order valence-electron chi connectivity index (χ1n) is 4.38. The summed E-state index contributed by atoms with van der Waals surface area (Å²) in [4.78, 5) is 11.3. The highest BCUT2D eigenvalue weighted by Gasteiger charge is 2.09. The van der Waals surface area contributed by atoms with Crippen LogP contribution in [-0.2, 0) is 0 Å². The van der Waals surface area contributed by atoms with E-state index in [9.17, 15) is 4.79 Å². The molecule has 0 bridgehead atoms. The maximum atomic E-state index is 11.3. The van der Waals surface area contributed by atoms with Crippen molar-refractivity contribution in [3.05, 3.63) is 23.1 Å². The van der Waals surface area contributed by atoms with E-state index in [1.165, 1.54) is 12.1 Å². The molecule has 1 aromatic rings. The smallest absolute Gasteiger partial charge is 0.287 e. The normalized spacial score (nSPS) is 12.5. The van der Waals surface area contributed by atoms with Crippen molar-refractivity contribution >= 4 is 17.5 Å². The molecule has 0 saturated carbocycles. The molecule has 3 N–H and O–H groups in total. The summed E-state index contributed by atoms with van der Waals surface area (Å²) in [5.74, 6) is -0.0442. The van der Waals surface area contributed by atoms with Gasteiger partial charge in [-0.05, 0) is 37.1 Å². The molecule has 0 radical (unpaired) electrons. The molecule has 0 spiro atoms. The lowest BCUT2D eigenvalue weighted by atomic mass is 10.2. The molecule has 1 unspecified atom stereocenters. The van der Waals surface area contributed by atoms with Gasteiger partial charge in [0, 0.05) is 12.6 Å². The van der Waals surface area contributed by atoms with Gasteiger partial charge in [0.2, 0.25) is 0 Å². The van der Waals surface area contributed by atoms with Crippen LogP contribution in [0.4, 0.5) is 0 Å². The van der Waals surface area contributed by atoms with Gasteiger partial charge in [-0.15, -0.1) is 0 Å². The zero-order valence-corrected chi connectivity index (χ0v) is 8.67. The summed E-state index contributed by atoms with van der Waals surface area (Å²) in [6.45, 7) is 2.42. The first kappa shape index (κ1) is 11.1. The number of carbonyl (C=O) groups excluding carboxylic acids is 1. The predicted molar refractivity (Wildman–Crippen MR) is 54.3 cm³/mol. The predicted octanol–water partition coefficient (Wildman–Crippen LogP) is 1.40. The van der Waals surface area contributed by atoms with Crippen LogP contribution in [0.5, 0.6) is 0 Å². The van der Waals surface area contributed by atoms with Crippen LogP contribution in [0.3, 0.4) is 0 Å². The lowest BCUT2D eigenvalue weighted by Gasteiger charge is -2.05. The van der Waals surface area contributed by atoms with Gasteiger partial charge in [0.25, 0.3) is 5.91 Å². The number of halogens is 1. The highest BCUT2D eigenvalue weighted by Crippen LogP contribution is 2.12. The molecule has 0 aromatic carbocycles. The number of nitrogens with two attached hydrogens (primary N) is 1. The fourth-order valence-electron chi connectivity index (χ4n) is 0.937. The van der Waals surface area contributed by atoms with Crippen molar-refractivity contribution in [3.63, 3.8) is 0 Å². The van der Waals surface area contributed by atoms with Crippen LogP contribution in [-0.4, -0.2) is 18.5 Å². The molecule has 5 heteroatoms. The Morgan fingerprint density at radius 2 is 2.43 bits per heavy atom. The van der Waals surface area contributed by atoms with Crippen molar-refractivity contribution in [1.82, 2.24) is 5.32 Å². The van der Waals surface area contributed by atoms with E-state index in [1.54, 1.807) is 0 Å². The highest BCUT2D eigenvalue weighted by molar-refractivity contribution is 6.29. The molecule has 14 heavy (non-hydrogen) atoms. The lowest BCUT2D eigenvalue weighted by molar-refractivity contribution is 0.0925. The summed E-state index contributed by atoms with van der Waals surface area (Å²) < 4.78 is 4.92. The van der Waals surface area contributed by atoms with Gasteiger partial charge in [-0.1, -0.05) is 0 Å². The van der Waals surface area contributed by atoms with Crippen molar-refractivity contribution in [3.8, 4) is 0 Å². The monoisotopic (exact) mass is 216 g/mol. The largest absolute Gasteiger partial charge is 0.440 e. The minimum Gasteiger partial charge on any atom is -0.440 e. The number of hydrogen-bond acceptors (Lipinski definition) is 3. The van der Waals surface area contributed by atoms with E-state index in [4.69, 9.17) is 21.8 Å². The average Bonchev–Trinajstić information content (AvgIpc) is 2.51. The van der Waals surface area contributed by atoms with E-state index in [0.717, 1.165) is 6.42 Å². The number of amides is 1. The summed E-state index contributed by atoms with van der Waals surface area (Å²) in [7, 11) is 0. The van der Waals surface area contributed by atoms with Crippen molar-refractivity contribution < 1.29 is 9.21 Å². The Labute approximate surface area is 87.4 Å². The van der Waals surface area contributed by atoms with E-state index < -0.39 is 0 Å². The van der Waals surface area contributed by atoms with E-state index in [-0.39, 0.29) is 22.9 Å². The Bertz CT molecular complexity index is 310. The molecule has 1 aromatic heterocycles. The molecule has 0 aliphatic rings. The van der Waals surface area contributed by atoms with Crippen LogP contribution in [0.2, 0.25) is 5.22 Å². The number of furan rings is 1. The molecule has 1 heterocycles. The molecule has 78 valence electrons. The molecule has 0 saturated heterocycles. The molecule has 0 aliphatic heterocycles. The summed E-state index contributed by atoms with van der Waals surface area (Å²) in [6, 6.07) is 3.14. The van der Waals surface area contributed by atoms with Crippen LogP contribution in [0.25, 0.3) is 0 Å². The lowest BCUT2D eigenvalue weighted by Crippen LogP contribution is -2.28. The standard InChI is InChI=1S/C9H13ClN2O2/c1-6(11)4-5-12-9(13)7-2-3-8(10)14-7/h2-3,6H,4-5,11H2,1H3,(H,12,13). The molecule has 0 aliphatic carbocycles. The van der Waals surface area contributed by atoms with E-state index in [1.807, 2.05) is 6.92 Å². The molecule has 4 nitrogen and oxygen atoms in total. The number of hydrogen-bond donors (Lipinski definition) is 2. The van der Waals surface area contributed by atoms with Gasteiger partial charge in [0.05, 0.1) is 0 Å². The van der Waals surface area contributed by atoms with Crippen molar-refractivity contribution in [2.75, 3.05) is 6.54 Å². The van der Waals surface area contributed by atoms with Gasteiger partial charge in [0.15, 0.2) is 11.0 Å². The van der Waals surface area contributed by atoms with E-state index in [2.05, 4.69) is 5.32 Å². The highest BCUT2D eigenvalue weighted by atomic mass is 35.5. The molecular weight excluding hydrogens is 204 g/mol. The topological polar surface area (TPSA) is 68.3 Å². The van der Waals surface area contributed by atoms with Crippen LogP contribution in [0.1, 0.15) is 23.9 Å². The fourth-order valence-corrected chi connectivity index (χ4v) is 1.08. The number of carbonyl (C=O) groups is 1. The van der Waals surface area contributed by atoms with Gasteiger partial charge in [-0.2, -0.15) is 0 Å². The summed E-state index contributed by atoms with van der Waals surface area (Å²) in [5, 5.41) is 2.88.